The van der Waals surface area contributed by atoms with E-state index in [4.69, 9.17) is 16.3 Å². The van der Waals surface area contributed by atoms with Crippen LogP contribution in [-0.2, 0) is 11.3 Å². The third kappa shape index (κ3) is 4.29. The zero-order chi connectivity index (χ0) is 22.6. The SMILES string of the molecule is CCOC(=O)c1c(C)c(C(=O)[C@@H](C)N(CC)C(=O)c2ccccc2Cl)c(C)n1CC. The number of likely N-dealkylation sites (N-methyl/N-ethyl adjacent to an activating group) is 1. The average molecular weight is 433 g/mol. The van der Waals surface area contributed by atoms with Crippen molar-refractivity contribution in [2.75, 3.05) is 13.2 Å². The first-order valence-corrected chi connectivity index (χ1v) is 10.5. The van der Waals surface area contributed by atoms with Gasteiger partial charge in [-0.3, -0.25) is 9.59 Å². The number of carbonyl (C=O) groups is 3. The molecule has 30 heavy (non-hydrogen) atoms. The van der Waals surface area contributed by atoms with E-state index in [1.807, 2.05) is 20.8 Å². The molecule has 1 aromatic carbocycles. The summed E-state index contributed by atoms with van der Waals surface area (Å²) in [6.45, 7) is 11.9. The highest BCUT2D eigenvalue weighted by Gasteiger charge is 2.33. The maximum atomic E-state index is 13.5. The number of ketones is 1. The molecule has 0 fully saturated rings. The van der Waals surface area contributed by atoms with Gasteiger partial charge < -0.3 is 14.2 Å². The van der Waals surface area contributed by atoms with Gasteiger partial charge in [-0.25, -0.2) is 4.79 Å². The van der Waals surface area contributed by atoms with Crippen LogP contribution in [0.25, 0.3) is 0 Å². The van der Waals surface area contributed by atoms with Crippen LogP contribution in [0.1, 0.15) is 70.2 Å². The summed E-state index contributed by atoms with van der Waals surface area (Å²) < 4.78 is 6.98. The fourth-order valence-corrected chi connectivity index (χ4v) is 4.07. The number of nitrogens with zero attached hydrogens (tertiary/aromatic N) is 2. The summed E-state index contributed by atoms with van der Waals surface area (Å²) in [7, 11) is 0. The zero-order valence-electron chi connectivity index (χ0n) is 18.4. The number of amides is 1. The van der Waals surface area contributed by atoms with Crippen molar-refractivity contribution >= 4 is 29.3 Å². The molecule has 0 radical (unpaired) electrons. The van der Waals surface area contributed by atoms with Crippen molar-refractivity contribution in [2.45, 2.75) is 54.1 Å². The van der Waals surface area contributed by atoms with Crippen LogP contribution < -0.4 is 0 Å². The first-order valence-electron chi connectivity index (χ1n) is 10.2. The quantitative estimate of drug-likeness (QED) is 0.448. The number of carbonyl (C=O) groups excluding carboxylic acids is 3. The summed E-state index contributed by atoms with van der Waals surface area (Å²) in [4.78, 5) is 40.5. The Morgan fingerprint density at radius 3 is 2.30 bits per heavy atom. The lowest BCUT2D eigenvalue weighted by Crippen LogP contribution is -2.43. The Balaban J connectivity index is 2.47. The molecule has 7 heteroatoms. The Morgan fingerprint density at radius 2 is 1.77 bits per heavy atom. The third-order valence-corrected chi connectivity index (χ3v) is 5.68. The van der Waals surface area contributed by atoms with Gasteiger partial charge in [-0.15, -0.1) is 0 Å². The number of hydrogen-bond acceptors (Lipinski definition) is 4. The van der Waals surface area contributed by atoms with Crippen LogP contribution in [0.3, 0.4) is 0 Å². The maximum Gasteiger partial charge on any atom is 0.355 e. The average Bonchev–Trinajstić information content (AvgIpc) is 2.97. The summed E-state index contributed by atoms with van der Waals surface area (Å²) in [5, 5.41) is 0.342. The standard InChI is InChI=1S/C23H29ClN2O4/c1-7-25-15(5)19(14(4)20(25)23(29)30-9-3)21(27)16(6)26(8-2)22(28)17-12-10-11-13-18(17)24/h10-13,16H,7-9H2,1-6H3/t16-/m1/s1. The molecule has 1 aromatic heterocycles. The predicted molar refractivity (Wildman–Crippen MR) is 117 cm³/mol. The van der Waals surface area contributed by atoms with E-state index >= 15 is 0 Å². The van der Waals surface area contributed by atoms with Crippen molar-refractivity contribution in [2.24, 2.45) is 0 Å². The Morgan fingerprint density at radius 1 is 1.13 bits per heavy atom. The molecule has 0 saturated carbocycles. The van der Waals surface area contributed by atoms with E-state index in [9.17, 15) is 14.4 Å². The summed E-state index contributed by atoms with van der Waals surface area (Å²) in [6.07, 6.45) is 0. The molecular weight excluding hydrogens is 404 g/mol. The third-order valence-electron chi connectivity index (χ3n) is 5.35. The van der Waals surface area contributed by atoms with Gasteiger partial charge >= 0.3 is 5.97 Å². The molecule has 2 aromatic rings. The van der Waals surface area contributed by atoms with Gasteiger partial charge in [0, 0.05) is 24.3 Å². The minimum absolute atomic E-state index is 0.218. The number of benzene rings is 1. The molecule has 0 N–H and O–H groups in total. The van der Waals surface area contributed by atoms with Gasteiger partial charge in [0.1, 0.15) is 5.69 Å². The van der Waals surface area contributed by atoms with E-state index in [1.54, 1.807) is 49.6 Å². The van der Waals surface area contributed by atoms with Crippen molar-refractivity contribution in [3.05, 3.63) is 57.4 Å². The number of Topliss-reactive ketones (excluding diaryl/α,β-unsaturated/α-hetero) is 1. The molecule has 0 aliphatic heterocycles. The van der Waals surface area contributed by atoms with Gasteiger partial charge in [0.25, 0.3) is 5.91 Å². The van der Waals surface area contributed by atoms with Crippen LogP contribution in [0.5, 0.6) is 0 Å². The van der Waals surface area contributed by atoms with Gasteiger partial charge in [-0.05, 0) is 59.2 Å². The smallest absolute Gasteiger partial charge is 0.355 e. The van der Waals surface area contributed by atoms with Gasteiger partial charge in [0.2, 0.25) is 0 Å². The normalized spacial score (nSPS) is 11.8. The van der Waals surface area contributed by atoms with E-state index in [0.717, 1.165) is 0 Å². The van der Waals surface area contributed by atoms with Crippen molar-refractivity contribution in [3.63, 3.8) is 0 Å². The lowest BCUT2D eigenvalue weighted by Gasteiger charge is -2.27. The Labute approximate surface area is 182 Å². The first kappa shape index (κ1) is 23.7. The van der Waals surface area contributed by atoms with Gasteiger partial charge in [0.15, 0.2) is 5.78 Å². The molecular formula is C23H29ClN2O4. The van der Waals surface area contributed by atoms with Crippen LogP contribution in [0.15, 0.2) is 24.3 Å². The molecule has 0 bridgehead atoms. The fraction of sp³-hybridized carbons (Fsp3) is 0.435. The molecule has 0 saturated heterocycles. The minimum Gasteiger partial charge on any atom is -0.461 e. The highest BCUT2D eigenvalue weighted by Crippen LogP contribution is 2.27. The lowest BCUT2D eigenvalue weighted by atomic mass is 9.99. The van der Waals surface area contributed by atoms with E-state index in [2.05, 4.69) is 0 Å². The van der Waals surface area contributed by atoms with Crippen molar-refractivity contribution in [1.29, 1.82) is 0 Å². The molecule has 1 atom stereocenters. The van der Waals surface area contributed by atoms with Crippen molar-refractivity contribution in [1.82, 2.24) is 9.47 Å². The maximum absolute atomic E-state index is 13.5. The summed E-state index contributed by atoms with van der Waals surface area (Å²) >= 11 is 6.19. The predicted octanol–water partition coefficient (Wildman–Crippen LogP) is 4.69. The van der Waals surface area contributed by atoms with Crippen LogP contribution in [-0.4, -0.2) is 46.3 Å². The van der Waals surface area contributed by atoms with Crippen molar-refractivity contribution < 1.29 is 19.1 Å². The second-order valence-electron chi connectivity index (χ2n) is 7.01. The molecule has 162 valence electrons. The molecule has 0 spiro atoms. The van der Waals surface area contributed by atoms with Gasteiger partial charge in [0.05, 0.1) is 23.2 Å². The molecule has 0 aliphatic carbocycles. The Kier molecular flexibility index (Phi) is 7.84. The second kappa shape index (κ2) is 9.94. The fourth-order valence-electron chi connectivity index (χ4n) is 3.85. The molecule has 0 unspecified atom stereocenters. The number of hydrogen-bond donors (Lipinski definition) is 0. The number of halogens is 1. The van der Waals surface area contributed by atoms with Crippen LogP contribution >= 0.6 is 11.6 Å². The Hall–Kier alpha value is -2.60. The van der Waals surface area contributed by atoms with Gasteiger partial charge in [-0.1, -0.05) is 23.7 Å². The first-order chi connectivity index (χ1) is 14.2. The van der Waals surface area contributed by atoms with E-state index in [-0.39, 0.29) is 18.3 Å². The largest absolute Gasteiger partial charge is 0.461 e. The highest BCUT2D eigenvalue weighted by atomic mass is 35.5. The number of rotatable bonds is 8. The second-order valence-corrected chi connectivity index (χ2v) is 7.42. The van der Waals surface area contributed by atoms with E-state index < -0.39 is 12.0 Å². The molecule has 2 rings (SSSR count). The monoisotopic (exact) mass is 432 g/mol. The highest BCUT2D eigenvalue weighted by molar-refractivity contribution is 6.33. The zero-order valence-corrected chi connectivity index (χ0v) is 19.2. The minimum atomic E-state index is -0.723. The number of aromatic nitrogens is 1. The molecule has 0 aliphatic rings. The molecule has 1 heterocycles. The molecule has 6 nitrogen and oxygen atoms in total. The van der Waals surface area contributed by atoms with E-state index in [0.29, 0.717) is 46.2 Å². The van der Waals surface area contributed by atoms with Crippen LogP contribution in [0.2, 0.25) is 5.02 Å². The topological polar surface area (TPSA) is 68.6 Å². The van der Waals surface area contributed by atoms with Crippen LogP contribution in [0, 0.1) is 13.8 Å². The summed E-state index contributed by atoms with van der Waals surface area (Å²) in [6, 6.07) is 6.06. The van der Waals surface area contributed by atoms with E-state index in [1.165, 1.54) is 4.90 Å². The number of esters is 1. The Bertz CT molecular complexity index is 964. The van der Waals surface area contributed by atoms with Gasteiger partial charge in [-0.2, -0.15) is 0 Å². The summed E-state index contributed by atoms with van der Waals surface area (Å²) in [5.74, 6) is -0.976. The summed E-state index contributed by atoms with van der Waals surface area (Å²) in [5.41, 5.74) is 2.46. The van der Waals surface area contributed by atoms with Crippen molar-refractivity contribution in [3.8, 4) is 0 Å². The molecule has 1 amide bonds. The lowest BCUT2D eigenvalue weighted by molar-refractivity contribution is 0.0512. The number of ether oxygens (including phenoxy) is 1. The van der Waals surface area contributed by atoms with Crippen LogP contribution in [0.4, 0.5) is 0 Å².